The van der Waals surface area contributed by atoms with Crippen LogP contribution in [0.5, 0.6) is 5.75 Å². The zero-order valence-corrected chi connectivity index (χ0v) is 13.6. The number of para-hydroxylation sites is 1. The van der Waals surface area contributed by atoms with Crippen LogP contribution in [0.2, 0.25) is 0 Å². The van der Waals surface area contributed by atoms with Gasteiger partial charge in [-0.15, -0.1) is 0 Å². The van der Waals surface area contributed by atoms with Gasteiger partial charge in [-0.2, -0.15) is 8.42 Å². The third-order valence-corrected chi connectivity index (χ3v) is 4.56. The highest BCUT2D eigenvalue weighted by Crippen LogP contribution is 2.11. The van der Waals surface area contributed by atoms with Gasteiger partial charge in [0, 0.05) is 5.75 Å². The Bertz CT molecular complexity index is 598. The summed E-state index contributed by atoms with van der Waals surface area (Å²) in [6.07, 6.45) is -0.818. The van der Waals surface area contributed by atoms with E-state index >= 15 is 0 Å². The first-order valence-electron chi connectivity index (χ1n) is 6.55. The highest BCUT2D eigenvalue weighted by atomic mass is 32.2. The fourth-order valence-electron chi connectivity index (χ4n) is 1.50. The average molecular weight is 350 g/mol. The molecule has 0 aliphatic carbocycles. The van der Waals surface area contributed by atoms with Gasteiger partial charge < -0.3 is 9.29 Å². The number of carbonyl (C=O) groups excluding carboxylic acids is 1. The van der Waals surface area contributed by atoms with Crippen molar-refractivity contribution in [3.8, 4) is 5.75 Å². The van der Waals surface area contributed by atoms with Crippen LogP contribution in [0, 0.1) is 0 Å². The van der Waals surface area contributed by atoms with Crippen LogP contribution < -0.4 is 4.74 Å². The van der Waals surface area contributed by atoms with Crippen molar-refractivity contribution in [3.05, 3.63) is 30.3 Å². The number of carbonyl (C=O) groups is 1. The van der Waals surface area contributed by atoms with Gasteiger partial charge in [-0.1, -0.05) is 18.2 Å². The van der Waals surface area contributed by atoms with Crippen molar-refractivity contribution >= 4 is 27.2 Å². The van der Waals surface area contributed by atoms with E-state index in [1.807, 2.05) is 0 Å². The summed E-state index contributed by atoms with van der Waals surface area (Å²) in [7, 11) is -3.90. The number of unbranched alkanes of at least 4 members (excludes halogenated alkanes) is 1. The van der Waals surface area contributed by atoms with Gasteiger partial charge >= 0.3 is 5.97 Å². The fraction of sp³-hybridized carbons (Fsp3) is 0.462. The molecule has 0 saturated heterocycles. The molecule has 9 heteroatoms. The molecule has 0 aliphatic rings. The highest BCUT2D eigenvalue weighted by Gasteiger charge is 2.23. The van der Waals surface area contributed by atoms with Gasteiger partial charge in [0.25, 0.3) is 10.1 Å². The van der Waals surface area contributed by atoms with E-state index in [-0.39, 0.29) is 24.3 Å². The van der Waals surface area contributed by atoms with E-state index in [0.717, 1.165) is 0 Å². The van der Waals surface area contributed by atoms with Crippen molar-refractivity contribution in [2.45, 2.75) is 25.9 Å². The van der Waals surface area contributed by atoms with E-state index in [0.29, 0.717) is 5.75 Å². The molecule has 1 N–H and O–H groups in total. The molecular formula is C13H18O7S2. The molecule has 0 fully saturated rings. The van der Waals surface area contributed by atoms with Crippen LogP contribution in [0.1, 0.15) is 19.8 Å². The molecule has 2 unspecified atom stereocenters. The molecule has 0 bridgehead atoms. The first kappa shape index (κ1) is 18.8. The van der Waals surface area contributed by atoms with Crippen molar-refractivity contribution in [1.29, 1.82) is 0 Å². The number of rotatable bonds is 9. The van der Waals surface area contributed by atoms with Gasteiger partial charge in [-0.05, 0) is 31.9 Å². The topological polar surface area (TPSA) is 107 Å². The second kappa shape index (κ2) is 8.99. The average Bonchev–Trinajstić information content (AvgIpc) is 2.44. The number of esters is 1. The summed E-state index contributed by atoms with van der Waals surface area (Å²) in [6.45, 7) is 1.28. The largest absolute Gasteiger partial charge is 0.425 e. The van der Waals surface area contributed by atoms with Gasteiger partial charge in [-0.3, -0.25) is 4.18 Å². The van der Waals surface area contributed by atoms with Gasteiger partial charge in [0.05, 0.1) is 5.75 Å². The minimum atomic E-state index is -3.90. The summed E-state index contributed by atoms with van der Waals surface area (Å²) in [5.41, 5.74) is 0. The summed E-state index contributed by atoms with van der Waals surface area (Å²) < 4.78 is 52.1. The number of hydrogen-bond donors (Lipinski definition) is 1. The molecule has 0 spiro atoms. The Balaban J connectivity index is 2.43. The Morgan fingerprint density at radius 2 is 1.91 bits per heavy atom. The lowest BCUT2D eigenvalue weighted by Gasteiger charge is -2.12. The Hall–Kier alpha value is -1.29. The van der Waals surface area contributed by atoms with E-state index in [1.54, 1.807) is 30.3 Å². The molecule has 0 heterocycles. The molecule has 0 radical (unpaired) electrons. The smallest absolute Gasteiger partial charge is 0.341 e. The minimum absolute atomic E-state index is 0.00111. The zero-order chi connectivity index (χ0) is 16.6. The molecule has 0 amide bonds. The summed E-state index contributed by atoms with van der Waals surface area (Å²) in [4.78, 5) is 11.7. The zero-order valence-electron chi connectivity index (χ0n) is 12.0. The van der Waals surface area contributed by atoms with Gasteiger partial charge in [-0.25, -0.2) is 9.00 Å². The van der Waals surface area contributed by atoms with Crippen LogP contribution in [0.4, 0.5) is 0 Å². The maximum atomic E-state index is 11.7. The van der Waals surface area contributed by atoms with Crippen LogP contribution >= 0.6 is 0 Å². The van der Waals surface area contributed by atoms with Crippen LogP contribution in [-0.2, 0) is 30.2 Å². The standard InChI is InChI=1S/C13H18O7S2/c1-11(13(14)19-12-7-3-2-4-8-12)20-22(17,18)10-6-5-9-21(15)16/h2-4,7-8,11H,5-6,9-10H2,1H3,(H,15,16). The first-order valence-corrected chi connectivity index (χ1v) is 9.40. The molecule has 1 aromatic rings. The molecular weight excluding hydrogens is 332 g/mol. The summed E-state index contributed by atoms with van der Waals surface area (Å²) in [5.74, 6) is -0.842. The maximum Gasteiger partial charge on any atom is 0.341 e. The summed E-state index contributed by atoms with van der Waals surface area (Å²) >= 11 is -1.94. The molecule has 22 heavy (non-hydrogen) atoms. The Morgan fingerprint density at radius 1 is 1.27 bits per heavy atom. The Labute approximate surface area is 132 Å². The van der Waals surface area contributed by atoms with Crippen molar-refractivity contribution in [2.75, 3.05) is 11.5 Å². The number of benzene rings is 1. The second-order valence-electron chi connectivity index (χ2n) is 4.47. The molecule has 0 aliphatic heterocycles. The second-order valence-corrected chi connectivity index (χ2v) is 7.23. The van der Waals surface area contributed by atoms with Crippen LogP contribution in [-0.4, -0.2) is 40.8 Å². The van der Waals surface area contributed by atoms with E-state index in [2.05, 4.69) is 0 Å². The molecule has 0 saturated carbocycles. The number of hydrogen-bond acceptors (Lipinski definition) is 6. The van der Waals surface area contributed by atoms with Gasteiger partial charge in [0.15, 0.2) is 17.2 Å². The molecule has 1 rings (SSSR count). The SMILES string of the molecule is CC(OS(=O)(=O)CCCCS(=O)O)C(=O)Oc1ccccc1. The molecule has 0 aromatic heterocycles. The third-order valence-electron chi connectivity index (χ3n) is 2.55. The molecule has 124 valence electrons. The van der Waals surface area contributed by atoms with Crippen molar-refractivity contribution in [2.24, 2.45) is 0 Å². The highest BCUT2D eigenvalue weighted by molar-refractivity contribution is 7.86. The predicted octanol–water partition coefficient (Wildman–Crippen LogP) is 1.33. The maximum absolute atomic E-state index is 11.7. The van der Waals surface area contributed by atoms with Gasteiger partial charge in [0.1, 0.15) is 5.75 Å². The van der Waals surface area contributed by atoms with Crippen LogP contribution in [0.25, 0.3) is 0 Å². The lowest BCUT2D eigenvalue weighted by molar-refractivity contribution is -0.141. The summed E-state index contributed by atoms with van der Waals surface area (Å²) in [5, 5.41) is 0. The van der Waals surface area contributed by atoms with E-state index in [1.165, 1.54) is 6.92 Å². The molecule has 7 nitrogen and oxygen atoms in total. The Morgan fingerprint density at radius 3 is 2.50 bits per heavy atom. The normalized spacial score (nSPS) is 14.3. The lowest BCUT2D eigenvalue weighted by atomic mass is 10.3. The van der Waals surface area contributed by atoms with Crippen molar-refractivity contribution in [1.82, 2.24) is 0 Å². The van der Waals surface area contributed by atoms with Crippen LogP contribution in [0.15, 0.2) is 30.3 Å². The van der Waals surface area contributed by atoms with Crippen molar-refractivity contribution in [3.63, 3.8) is 0 Å². The summed E-state index contributed by atoms with van der Waals surface area (Å²) in [6, 6.07) is 8.23. The van der Waals surface area contributed by atoms with E-state index in [9.17, 15) is 17.4 Å². The fourth-order valence-corrected chi connectivity index (χ4v) is 3.12. The lowest BCUT2D eigenvalue weighted by Crippen LogP contribution is -2.29. The Kier molecular flexibility index (Phi) is 7.66. The molecule has 1 aromatic carbocycles. The predicted molar refractivity (Wildman–Crippen MR) is 81.3 cm³/mol. The van der Waals surface area contributed by atoms with Gasteiger partial charge in [0.2, 0.25) is 0 Å². The quantitative estimate of drug-likeness (QED) is 0.235. The van der Waals surface area contributed by atoms with Crippen molar-refractivity contribution < 1.29 is 30.9 Å². The van der Waals surface area contributed by atoms with Crippen LogP contribution in [0.3, 0.4) is 0 Å². The van der Waals surface area contributed by atoms with E-state index < -0.39 is 33.3 Å². The first-order chi connectivity index (χ1) is 10.3. The van der Waals surface area contributed by atoms with E-state index in [4.69, 9.17) is 13.5 Å². The molecule has 2 atom stereocenters. The number of ether oxygens (including phenoxy) is 1. The third kappa shape index (κ3) is 7.64. The minimum Gasteiger partial charge on any atom is -0.425 e. The monoisotopic (exact) mass is 350 g/mol.